The third kappa shape index (κ3) is 8.43. The molecule has 3 rings (SSSR count). The number of aliphatic hydroxyl groups excluding tert-OH is 1. The van der Waals surface area contributed by atoms with Crippen LogP contribution in [0.25, 0.3) is 0 Å². The predicted octanol–water partition coefficient (Wildman–Crippen LogP) is 5.04. The van der Waals surface area contributed by atoms with E-state index in [4.69, 9.17) is 4.74 Å². The zero-order chi connectivity index (χ0) is 24.8. The summed E-state index contributed by atoms with van der Waals surface area (Å²) in [6.45, 7) is 4.77. The Balaban J connectivity index is 1.70. The SMILES string of the molecule is CC(C)(Cc1cccc(Br)c1)NC[C@H](O)c1ccc(OCc2ccccc2)c(NS(C)(=O)=O)c1. The van der Waals surface area contributed by atoms with Crippen molar-refractivity contribution < 1.29 is 18.3 Å². The third-order valence-electron chi connectivity index (χ3n) is 5.23. The van der Waals surface area contributed by atoms with Crippen molar-refractivity contribution in [3.63, 3.8) is 0 Å². The van der Waals surface area contributed by atoms with Gasteiger partial charge in [-0.05, 0) is 61.2 Å². The number of hydrogen-bond acceptors (Lipinski definition) is 5. The van der Waals surface area contributed by atoms with Crippen LogP contribution >= 0.6 is 15.9 Å². The van der Waals surface area contributed by atoms with Gasteiger partial charge in [0.2, 0.25) is 10.0 Å². The molecule has 0 aliphatic carbocycles. The lowest BCUT2D eigenvalue weighted by Gasteiger charge is -2.28. The van der Waals surface area contributed by atoms with Crippen molar-refractivity contribution in [2.45, 2.75) is 38.5 Å². The van der Waals surface area contributed by atoms with Crippen molar-refractivity contribution in [2.75, 3.05) is 17.5 Å². The molecule has 0 spiro atoms. The van der Waals surface area contributed by atoms with Crippen molar-refractivity contribution in [1.82, 2.24) is 5.32 Å². The third-order valence-corrected chi connectivity index (χ3v) is 6.31. The van der Waals surface area contributed by atoms with Gasteiger partial charge in [-0.15, -0.1) is 0 Å². The van der Waals surface area contributed by atoms with Crippen LogP contribution in [0.2, 0.25) is 0 Å². The van der Waals surface area contributed by atoms with E-state index >= 15 is 0 Å². The fraction of sp³-hybridized carbons (Fsp3) is 0.308. The van der Waals surface area contributed by atoms with Gasteiger partial charge in [0.25, 0.3) is 0 Å². The maximum Gasteiger partial charge on any atom is 0.229 e. The van der Waals surface area contributed by atoms with Crippen LogP contribution in [-0.4, -0.2) is 31.9 Å². The lowest BCUT2D eigenvalue weighted by atomic mass is 9.94. The maximum absolute atomic E-state index is 11.9. The molecule has 0 unspecified atom stereocenters. The molecular weight excluding hydrogens is 516 g/mol. The Bertz CT molecular complexity index is 1200. The van der Waals surface area contributed by atoms with Gasteiger partial charge in [0.1, 0.15) is 12.4 Å². The topological polar surface area (TPSA) is 87.7 Å². The number of ether oxygens (including phenoxy) is 1. The Morgan fingerprint density at radius 1 is 1.00 bits per heavy atom. The standard InChI is InChI=1S/C26H31BrN2O4S/c1-26(2,16-20-10-7-11-22(27)14-20)28-17-24(30)21-12-13-25(23(15-21)29-34(3,31)32)33-18-19-8-5-4-6-9-19/h4-15,24,28-30H,16-18H2,1-3H3/t24-/m0/s1. The van der Waals surface area contributed by atoms with Gasteiger partial charge >= 0.3 is 0 Å². The van der Waals surface area contributed by atoms with Crippen LogP contribution in [0.5, 0.6) is 5.75 Å². The highest BCUT2D eigenvalue weighted by Crippen LogP contribution is 2.30. The Morgan fingerprint density at radius 3 is 2.38 bits per heavy atom. The largest absolute Gasteiger partial charge is 0.487 e. The van der Waals surface area contributed by atoms with E-state index in [9.17, 15) is 13.5 Å². The molecular formula is C26H31BrN2O4S. The maximum atomic E-state index is 11.9. The molecule has 34 heavy (non-hydrogen) atoms. The van der Waals surface area contributed by atoms with Crippen LogP contribution < -0.4 is 14.8 Å². The van der Waals surface area contributed by atoms with E-state index in [-0.39, 0.29) is 5.54 Å². The molecule has 0 fully saturated rings. The molecule has 1 atom stereocenters. The van der Waals surface area contributed by atoms with Gasteiger partial charge in [0.05, 0.1) is 18.0 Å². The van der Waals surface area contributed by atoms with Crippen molar-refractivity contribution in [3.05, 3.63) is 94.0 Å². The molecule has 8 heteroatoms. The van der Waals surface area contributed by atoms with E-state index in [2.05, 4.69) is 51.9 Å². The van der Waals surface area contributed by atoms with Crippen molar-refractivity contribution in [3.8, 4) is 5.75 Å². The first-order valence-corrected chi connectivity index (χ1v) is 13.7. The molecule has 0 aliphatic rings. The van der Waals surface area contributed by atoms with E-state index in [1.165, 1.54) is 5.56 Å². The van der Waals surface area contributed by atoms with E-state index in [1.54, 1.807) is 18.2 Å². The van der Waals surface area contributed by atoms with E-state index < -0.39 is 16.1 Å². The normalized spacial score (nSPS) is 12.9. The van der Waals surface area contributed by atoms with E-state index in [0.29, 0.717) is 30.2 Å². The molecule has 0 aromatic heterocycles. The summed E-state index contributed by atoms with van der Waals surface area (Å²) in [6, 6.07) is 22.8. The molecule has 3 aromatic carbocycles. The highest BCUT2D eigenvalue weighted by atomic mass is 79.9. The lowest BCUT2D eigenvalue weighted by Crippen LogP contribution is -2.43. The highest BCUT2D eigenvalue weighted by molar-refractivity contribution is 9.10. The Labute approximate surface area is 210 Å². The summed E-state index contributed by atoms with van der Waals surface area (Å²) in [5, 5.41) is 14.2. The average Bonchev–Trinajstić information content (AvgIpc) is 2.76. The minimum absolute atomic E-state index is 0.256. The van der Waals surface area contributed by atoms with E-state index in [0.717, 1.165) is 22.7 Å². The van der Waals surface area contributed by atoms with Gasteiger partial charge in [-0.2, -0.15) is 0 Å². The predicted molar refractivity (Wildman–Crippen MR) is 141 cm³/mol. The first-order chi connectivity index (χ1) is 16.0. The van der Waals surface area contributed by atoms with Gasteiger partial charge < -0.3 is 15.2 Å². The fourth-order valence-electron chi connectivity index (χ4n) is 3.61. The van der Waals surface area contributed by atoms with Gasteiger partial charge in [0, 0.05) is 16.6 Å². The zero-order valence-electron chi connectivity index (χ0n) is 19.6. The number of sulfonamides is 1. The van der Waals surface area contributed by atoms with Crippen LogP contribution in [0.1, 0.15) is 36.6 Å². The first-order valence-electron chi connectivity index (χ1n) is 11.0. The molecule has 0 aliphatic heterocycles. The Morgan fingerprint density at radius 2 is 1.71 bits per heavy atom. The van der Waals surface area contributed by atoms with Gasteiger partial charge in [-0.25, -0.2) is 8.42 Å². The summed E-state index contributed by atoms with van der Waals surface area (Å²) in [4.78, 5) is 0. The van der Waals surface area contributed by atoms with Crippen LogP contribution in [0, 0.1) is 0 Å². The molecule has 3 N–H and O–H groups in total. The molecule has 0 saturated heterocycles. The number of rotatable bonds is 11. The summed E-state index contributed by atoms with van der Waals surface area (Å²) >= 11 is 3.50. The Hall–Kier alpha value is -2.39. The molecule has 6 nitrogen and oxygen atoms in total. The number of benzene rings is 3. The molecule has 0 saturated carbocycles. The number of β-amino-alcohol motifs (C(OH)–C–C–N with tert-alkyl or cyclic N) is 1. The van der Waals surface area contributed by atoms with Crippen LogP contribution in [-0.2, 0) is 23.1 Å². The average molecular weight is 548 g/mol. The molecule has 0 radical (unpaired) electrons. The number of hydrogen-bond donors (Lipinski definition) is 3. The fourth-order valence-corrected chi connectivity index (χ4v) is 4.61. The van der Waals surface area contributed by atoms with Crippen LogP contribution in [0.3, 0.4) is 0 Å². The zero-order valence-corrected chi connectivity index (χ0v) is 22.0. The van der Waals surface area contributed by atoms with Gasteiger partial charge in [0.15, 0.2) is 0 Å². The van der Waals surface area contributed by atoms with Crippen molar-refractivity contribution >= 4 is 31.6 Å². The second-order valence-electron chi connectivity index (χ2n) is 8.99. The van der Waals surface area contributed by atoms with Crippen molar-refractivity contribution in [2.24, 2.45) is 0 Å². The highest BCUT2D eigenvalue weighted by Gasteiger charge is 2.21. The molecule has 0 amide bonds. The number of nitrogens with one attached hydrogen (secondary N) is 2. The summed E-state index contributed by atoms with van der Waals surface area (Å²) in [5.41, 5.74) is 2.77. The van der Waals surface area contributed by atoms with Gasteiger partial charge in [-0.1, -0.05) is 64.5 Å². The molecule has 0 heterocycles. The summed E-state index contributed by atoms with van der Waals surface area (Å²) in [6.07, 6.45) is 1.04. The summed E-state index contributed by atoms with van der Waals surface area (Å²) in [5.74, 6) is 0.396. The van der Waals surface area contributed by atoms with Crippen LogP contribution in [0.4, 0.5) is 5.69 Å². The quantitative estimate of drug-likeness (QED) is 0.313. The van der Waals surface area contributed by atoms with Gasteiger partial charge in [-0.3, -0.25) is 4.72 Å². The second kappa shape index (κ2) is 11.4. The van der Waals surface area contributed by atoms with Crippen LogP contribution in [0.15, 0.2) is 77.3 Å². The minimum atomic E-state index is -3.53. The summed E-state index contributed by atoms with van der Waals surface area (Å²) < 4.78 is 33.2. The first kappa shape index (κ1) is 26.2. The molecule has 0 bridgehead atoms. The summed E-state index contributed by atoms with van der Waals surface area (Å²) in [7, 11) is -3.53. The smallest absolute Gasteiger partial charge is 0.229 e. The van der Waals surface area contributed by atoms with Crippen molar-refractivity contribution in [1.29, 1.82) is 0 Å². The Kier molecular flexibility index (Phi) is 8.76. The molecule has 182 valence electrons. The second-order valence-corrected chi connectivity index (χ2v) is 11.7. The number of anilines is 1. The molecule has 3 aromatic rings. The minimum Gasteiger partial charge on any atom is -0.487 e. The lowest BCUT2D eigenvalue weighted by molar-refractivity contribution is 0.160. The van der Waals surface area contributed by atoms with E-state index in [1.807, 2.05) is 42.5 Å². The number of halogens is 1. The number of aliphatic hydroxyl groups is 1. The monoisotopic (exact) mass is 546 g/mol.